The lowest BCUT2D eigenvalue weighted by molar-refractivity contribution is 0.517. The van der Waals surface area contributed by atoms with Crippen molar-refractivity contribution in [3.05, 3.63) is 40.1 Å². The molecule has 0 saturated heterocycles. The van der Waals surface area contributed by atoms with E-state index < -0.39 is 0 Å². The van der Waals surface area contributed by atoms with Gasteiger partial charge in [-0.2, -0.15) is 0 Å². The molecule has 0 saturated carbocycles. The molecule has 3 heterocycles. The van der Waals surface area contributed by atoms with Crippen molar-refractivity contribution >= 4 is 21.7 Å². The van der Waals surface area contributed by atoms with Gasteiger partial charge in [0.2, 0.25) is 0 Å². The quantitative estimate of drug-likeness (QED) is 0.850. The van der Waals surface area contributed by atoms with Crippen LogP contribution in [-0.4, -0.2) is 16.5 Å². The Morgan fingerprint density at radius 1 is 1.44 bits per heavy atom. The number of aromatic nitrogens is 2. The Morgan fingerprint density at radius 3 is 3.22 bits per heavy atom. The maximum absolute atomic E-state index is 5.30. The Kier molecular flexibility index (Phi) is 3.29. The number of nitrogens with zero attached hydrogens (tertiary/aromatic N) is 2. The van der Waals surface area contributed by atoms with Gasteiger partial charge in [-0.3, -0.25) is 0 Å². The van der Waals surface area contributed by atoms with E-state index in [2.05, 4.69) is 36.5 Å². The highest BCUT2D eigenvalue weighted by Gasteiger charge is 2.16. The summed E-state index contributed by atoms with van der Waals surface area (Å²) < 4.78 is 5.93. The number of anilines is 1. The highest BCUT2D eigenvalue weighted by Crippen LogP contribution is 2.22. The molecule has 0 atom stereocenters. The molecule has 94 valence electrons. The first-order valence-electron chi connectivity index (χ1n) is 5.85. The molecule has 0 amide bonds. The number of fused-ring (bicyclic) bond motifs is 1. The van der Waals surface area contributed by atoms with Crippen LogP contribution in [0.5, 0.6) is 0 Å². The molecule has 3 rings (SSSR count). The second kappa shape index (κ2) is 5.07. The zero-order chi connectivity index (χ0) is 12.4. The van der Waals surface area contributed by atoms with E-state index >= 15 is 0 Å². The zero-order valence-electron chi connectivity index (χ0n) is 9.74. The Balaban J connectivity index is 1.84. The average Bonchev–Trinajstić information content (AvgIpc) is 2.89. The van der Waals surface area contributed by atoms with Crippen LogP contribution < -0.4 is 10.6 Å². The predicted octanol–water partition coefficient (Wildman–Crippen LogP) is 2.09. The number of furan rings is 1. The minimum Gasteiger partial charge on any atom is -0.467 e. The molecule has 18 heavy (non-hydrogen) atoms. The third kappa shape index (κ3) is 2.39. The first-order valence-corrected chi connectivity index (χ1v) is 6.64. The molecule has 0 aromatic carbocycles. The third-order valence-electron chi connectivity index (χ3n) is 2.92. The molecular formula is C12H13BrN4O. The molecule has 2 N–H and O–H groups in total. The number of halogens is 1. The fourth-order valence-electron chi connectivity index (χ4n) is 2.04. The van der Waals surface area contributed by atoms with Crippen molar-refractivity contribution in [3.63, 3.8) is 0 Å². The normalized spacial score (nSPS) is 14.3. The lowest BCUT2D eigenvalue weighted by Gasteiger charge is -2.19. The van der Waals surface area contributed by atoms with Crippen LogP contribution >= 0.6 is 15.9 Å². The molecule has 0 bridgehead atoms. The topological polar surface area (TPSA) is 63.0 Å². The Labute approximate surface area is 113 Å². The molecule has 1 aliphatic heterocycles. The van der Waals surface area contributed by atoms with Crippen LogP contribution in [0, 0.1) is 0 Å². The highest BCUT2D eigenvalue weighted by atomic mass is 79.9. The summed E-state index contributed by atoms with van der Waals surface area (Å²) in [6, 6.07) is 3.82. The number of hydrogen-bond donors (Lipinski definition) is 2. The molecule has 0 aliphatic carbocycles. The van der Waals surface area contributed by atoms with Crippen molar-refractivity contribution in [2.75, 3.05) is 11.9 Å². The van der Waals surface area contributed by atoms with Crippen molar-refractivity contribution in [2.45, 2.75) is 19.5 Å². The monoisotopic (exact) mass is 308 g/mol. The Morgan fingerprint density at radius 2 is 2.39 bits per heavy atom. The maximum Gasteiger partial charge on any atom is 0.198 e. The molecule has 0 unspecified atom stereocenters. The summed E-state index contributed by atoms with van der Waals surface area (Å²) >= 11 is 3.35. The van der Waals surface area contributed by atoms with E-state index in [1.165, 1.54) is 0 Å². The smallest absolute Gasteiger partial charge is 0.198 e. The largest absolute Gasteiger partial charge is 0.467 e. The van der Waals surface area contributed by atoms with E-state index in [0.717, 1.165) is 42.3 Å². The van der Waals surface area contributed by atoms with E-state index in [1.807, 2.05) is 12.1 Å². The van der Waals surface area contributed by atoms with Gasteiger partial charge in [0.1, 0.15) is 11.6 Å². The zero-order valence-corrected chi connectivity index (χ0v) is 11.3. The summed E-state index contributed by atoms with van der Waals surface area (Å²) in [6.45, 7) is 2.40. The van der Waals surface area contributed by atoms with E-state index in [0.29, 0.717) is 11.3 Å². The highest BCUT2D eigenvalue weighted by molar-refractivity contribution is 9.10. The number of hydrogen-bond acceptors (Lipinski definition) is 5. The van der Waals surface area contributed by atoms with Gasteiger partial charge in [-0.1, -0.05) is 0 Å². The fraction of sp³-hybridized carbons (Fsp3) is 0.333. The first-order chi connectivity index (χ1) is 8.83. The molecular weight excluding hydrogens is 296 g/mol. The fourth-order valence-corrected chi connectivity index (χ4v) is 2.43. The second-order valence-electron chi connectivity index (χ2n) is 4.13. The van der Waals surface area contributed by atoms with Crippen LogP contribution in [-0.2, 0) is 19.5 Å². The van der Waals surface area contributed by atoms with Crippen molar-refractivity contribution in [2.24, 2.45) is 0 Å². The Bertz CT molecular complexity index is 541. The van der Waals surface area contributed by atoms with Crippen LogP contribution in [0.4, 0.5) is 5.82 Å². The molecule has 2 aromatic rings. The molecule has 0 spiro atoms. The molecule has 1 aliphatic rings. The molecule has 5 nitrogen and oxygen atoms in total. The van der Waals surface area contributed by atoms with Crippen molar-refractivity contribution in [3.8, 4) is 0 Å². The third-order valence-corrected chi connectivity index (χ3v) is 3.27. The standard InChI is InChI=1S/C12H13BrN4O/c13-12-16-10-3-4-14-7-9(10)11(17-12)15-6-8-2-1-5-18-8/h1-2,5,14H,3-4,6-7H2,(H,15,16,17). The summed E-state index contributed by atoms with van der Waals surface area (Å²) in [5.41, 5.74) is 2.26. The molecule has 0 fully saturated rings. The van der Waals surface area contributed by atoms with Gasteiger partial charge in [-0.25, -0.2) is 9.97 Å². The lowest BCUT2D eigenvalue weighted by atomic mass is 10.1. The van der Waals surface area contributed by atoms with Gasteiger partial charge < -0.3 is 15.1 Å². The molecule has 2 aromatic heterocycles. The van der Waals surface area contributed by atoms with E-state index in [9.17, 15) is 0 Å². The van der Waals surface area contributed by atoms with Gasteiger partial charge in [-0.15, -0.1) is 0 Å². The summed E-state index contributed by atoms with van der Waals surface area (Å²) in [7, 11) is 0. The lowest BCUT2D eigenvalue weighted by Crippen LogP contribution is -2.26. The molecule has 6 heteroatoms. The van der Waals surface area contributed by atoms with E-state index in [4.69, 9.17) is 4.42 Å². The van der Waals surface area contributed by atoms with Crippen molar-refractivity contribution < 1.29 is 4.42 Å². The van der Waals surface area contributed by atoms with E-state index in [1.54, 1.807) is 6.26 Å². The second-order valence-corrected chi connectivity index (χ2v) is 4.84. The number of rotatable bonds is 3. The number of nitrogens with one attached hydrogen (secondary N) is 2. The average molecular weight is 309 g/mol. The van der Waals surface area contributed by atoms with Gasteiger partial charge in [0, 0.05) is 25.1 Å². The summed E-state index contributed by atoms with van der Waals surface area (Å²) in [4.78, 5) is 8.82. The van der Waals surface area contributed by atoms with Gasteiger partial charge >= 0.3 is 0 Å². The van der Waals surface area contributed by atoms with Gasteiger partial charge in [-0.05, 0) is 28.1 Å². The summed E-state index contributed by atoms with van der Waals surface area (Å²) in [5, 5.41) is 6.64. The van der Waals surface area contributed by atoms with Crippen LogP contribution in [0.2, 0.25) is 0 Å². The predicted molar refractivity (Wildman–Crippen MR) is 71.2 cm³/mol. The van der Waals surface area contributed by atoms with Crippen molar-refractivity contribution in [1.29, 1.82) is 0 Å². The van der Waals surface area contributed by atoms with Crippen molar-refractivity contribution in [1.82, 2.24) is 15.3 Å². The van der Waals surface area contributed by atoms with Crippen LogP contribution in [0.3, 0.4) is 0 Å². The Hall–Kier alpha value is -1.40. The van der Waals surface area contributed by atoms with E-state index in [-0.39, 0.29) is 0 Å². The molecule has 0 radical (unpaired) electrons. The summed E-state index contributed by atoms with van der Waals surface area (Å²) in [5.74, 6) is 1.76. The minimum atomic E-state index is 0.628. The van der Waals surface area contributed by atoms with Gasteiger partial charge in [0.25, 0.3) is 0 Å². The first kappa shape index (κ1) is 11.7. The maximum atomic E-state index is 5.30. The SMILES string of the molecule is Brc1nc2c(c(NCc3ccco3)n1)CNCC2. The minimum absolute atomic E-state index is 0.628. The van der Waals surface area contributed by atoms with Crippen LogP contribution in [0.15, 0.2) is 27.5 Å². The van der Waals surface area contributed by atoms with Gasteiger partial charge in [0.05, 0.1) is 18.5 Å². The van der Waals surface area contributed by atoms with Crippen LogP contribution in [0.25, 0.3) is 0 Å². The van der Waals surface area contributed by atoms with Crippen LogP contribution in [0.1, 0.15) is 17.0 Å². The van der Waals surface area contributed by atoms with Gasteiger partial charge in [0.15, 0.2) is 4.73 Å². The summed E-state index contributed by atoms with van der Waals surface area (Å²) in [6.07, 6.45) is 2.61.